The molecule has 0 saturated carbocycles. The second-order valence-electron chi connectivity index (χ2n) is 5.09. The van der Waals surface area contributed by atoms with E-state index in [9.17, 15) is 4.39 Å². The molecule has 5 nitrogen and oxygen atoms in total. The largest absolute Gasteiger partial charge is 0.492 e. The van der Waals surface area contributed by atoms with E-state index in [1.807, 2.05) is 38.2 Å². The van der Waals surface area contributed by atoms with Crippen molar-refractivity contribution < 1.29 is 9.13 Å². The van der Waals surface area contributed by atoms with E-state index >= 15 is 0 Å². The molecule has 0 fully saturated rings. The van der Waals surface area contributed by atoms with E-state index < -0.39 is 5.95 Å². The summed E-state index contributed by atoms with van der Waals surface area (Å²) in [4.78, 5) is 4.22. The van der Waals surface area contributed by atoms with E-state index in [1.165, 1.54) is 10.6 Å². The monoisotopic (exact) mass is 300 g/mol. The molecule has 22 heavy (non-hydrogen) atoms. The average molecular weight is 300 g/mol. The van der Waals surface area contributed by atoms with Crippen LogP contribution in [-0.4, -0.2) is 34.3 Å². The quantitative estimate of drug-likeness (QED) is 0.786. The van der Waals surface area contributed by atoms with Crippen molar-refractivity contribution in [3.63, 3.8) is 0 Å². The van der Waals surface area contributed by atoms with Gasteiger partial charge in [0.15, 0.2) is 5.65 Å². The van der Waals surface area contributed by atoms with E-state index in [1.54, 1.807) is 12.3 Å². The fourth-order valence-electron chi connectivity index (χ4n) is 2.07. The second kappa shape index (κ2) is 6.11. The molecule has 0 radical (unpaired) electrons. The third kappa shape index (κ3) is 2.92. The number of ether oxygens (including phenoxy) is 1. The van der Waals surface area contributed by atoms with Gasteiger partial charge in [-0.2, -0.15) is 4.39 Å². The summed E-state index contributed by atoms with van der Waals surface area (Å²) in [5.74, 6) is 0.256. The Hall–Kier alpha value is -2.47. The van der Waals surface area contributed by atoms with Crippen molar-refractivity contribution in [3.05, 3.63) is 48.5 Å². The molecule has 0 aliphatic heterocycles. The number of nitrogens with one attached hydrogen (secondary N) is 1. The summed E-state index contributed by atoms with van der Waals surface area (Å²) in [6, 6.07) is 10.8. The third-order valence-electron chi connectivity index (χ3n) is 3.47. The molecule has 2 heterocycles. The summed E-state index contributed by atoms with van der Waals surface area (Å²) >= 11 is 0. The number of fused-ring (bicyclic) bond motifs is 1. The van der Waals surface area contributed by atoms with Gasteiger partial charge in [-0.1, -0.05) is 0 Å². The van der Waals surface area contributed by atoms with Gasteiger partial charge < -0.3 is 10.1 Å². The van der Waals surface area contributed by atoms with Gasteiger partial charge in [0.05, 0.1) is 11.9 Å². The van der Waals surface area contributed by atoms with Crippen LogP contribution in [0.2, 0.25) is 0 Å². The van der Waals surface area contributed by atoms with Gasteiger partial charge in [-0.05, 0) is 50.4 Å². The van der Waals surface area contributed by atoms with Crippen LogP contribution in [0.25, 0.3) is 16.9 Å². The van der Waals surface area contributed by atoms with Crippen molar-refractivity contribution in [2.45, 2.75) is 13.0 Å². The van der Waals surface area contributed by atoms with Crippen molar-refractivity contribution in [2.24, 2.45) is 0 Å². The Labute approximate surface area is 127 Å². The van der Waals surface area contributed by atoms with E-state index in [4.69, 9.17) is 4.74 Å². The minimum Gasteiger partial charge on any atom is -0.492 e. The first-order valence-electron chi connectivity index (χ1n) is 7.08. The molecule has 0 aliphatic rings. The number of hydrogen-bond acceptors (Lipinski definition) is 4. The molecule has 0 bridgehead atoms. The van der Waals surface area contributed by atoms with Gasteiger partial charge in [0.1, 0.15) is 12.4 Å². The molecule has 114 valence electrons. The van der Waals surface area contributed by atoms with Gasteiger partial charge in [0, 0.05) is 11.6 Å². The van der Waals surface area contributed by atoms with Crippen LogP contribution < -0.4 is 10.1 Å². The number of nitrogens with zero attached hydrogens (tertiary/aromatic N) is 3. The lowest BCUT2D eigenvalue weighted by Crippen LogP contribution is -2.28. The Morgan fingerprint density at radius 2 is 2.00 bits per heavy atom. The van der Waals surface area contributed by atoms with E-state index in [2.05, 4.69) is 15.4 Å². The van der Waals surface area contributed by atoms with Crippen LogP contribution in [0.3, 0.4) is 0 Å². The van der Waals surface area contributed by atoms with Crippen LogP contribution in [0, 0.1) is 5.95 Å². The number of aromatic nitrogens is 3. The molecule has 0 aliphatic carbocycles. The number of hydrogen-bond donors (Lipinski definition) is 1. The van der Waals surface area contributed by atoms with Gasteiger partial charge in [0.25, 0.3) is 0 Å². The number of halogens is 1. The van der Waals surface area contributed by atoms with Crippen LogP contribution >= 0.6 is 0 Å². The van der Waals surface area contributed by atoms with Gasteiger partial charge in [0.2, 0.25) is 5.95 Å². The maximum absolute atomic E-state index is 13.3. The zero-order chi connectivity index (χ0) is 15.5. The fraction of sp³-hybridized carbons (Fsp3) is 0.250. The Balaban J connectivity index is 1.84. The average Bonchev–Trinajstić information content (AvgIpc) is 2.96. The first-order chi connectivity index (χ1) is 10.7. The number of likely N-dealkylation sites (N-methyl/N-ethyl adjacent to an activating group) is 1. The number of rotatable bonds is 5. The van der Waals surface area contributed by atoms with Crippen molar-refractivity contribution in [3.8, 4) is 17.0 Å². The zero-order valence-electron chi connectivity index (χ0n) is 12.5. The first-order valence-corrected chi connectivity index (χ1v) is 7.08. The lowest BCUT2D eigenvalue weighted by Gasteiger charge is -2.12. The lowest BCUT2D eigenvalue weighted by atomic mass is 10.1. The fourth-order valence-corrected chi connectivity index (χ4v) is 2.07. The second-order valence-corrected chi connectivity index (χ2v) is 5.09. The maximum Gasteiger partial charge on any atom is 0.231 e. The molecule has 3 rings (SSSR count). The van der Waals surface area contributed by atoms with E-state index in [0.717, 1.165) is 17.0 Å². The lowest BCUT2D eigenvalue weighted by molar-refractivity contribution is 0.280. The van der Waals surface area contributed by atoms with Crippen LogP contribution in [0.4, 0.5) is 4.39 Å². The third-order valence-corrected chi connectivity index (χ3v) is 3.47. The van der Waals surface area contributed by atoms with E-state index in [0.29, 0.717) is 12.3 Å². The molecule has 2 aromatic heterocycles. The molecule has 3 aromatic rings. The highest BCUT2D eigenvalue weighted by molar-refractivity contribution is 5.63. The van der Waals surface area contributed by atoms with Crippen LogP contribution in [0.15, 0.2) is 42.6 Å². The smallest absolute Gasteiger partial charge is 0.231 e. The Morgan fingerprint density at radius 1 is 1.23 bits per heavy atom. The zero-order valence-corrected chi connectivity index (χ0v) is 12.5. The van der Waals surface area contributed by atoms with Crippen molar-refractivity contribution in [1.82, 2.24) is 19.9 Å². The molecule has 0 saturated heterocycles. The van der Waals surface area contributed by atoms with Crippen LogP contribution in [0.1, 0.15) is 6.92 Å². The van der Waals surface area contributed by atoms with Crippen molar-refractivity contribution >= 4 is 5.65 Å². The molecule has 6 heteroatoms. The number of imidazole rings is 1. The summed E-state index contributed by atoms with van der Waals surface area (Å²) in [6.07, 6.45) is 1.68. The molecule has 1 atom stereocenters. The highest BCUT2D eigenvalue weighted by Crippen LogP contribution is 2.23. The number of benzene rings is 1. The van der Waals surface area contributed by atoms with E-state index in [-0.39, 0.29) is 6.04 Å². The van der Waals surface area contributed by atoms with Crippen LogP contribution in [0.5, 0.6) is 5.75 Å². The molecular weight excluding hydrogens is 283 g/mol. The predicted octanol–water partition coefficient (Wildman–Crippen LogP) is 2.52. The van der Waals surface area contributed by atoms with Gasteiger partial charge in [-0.15, -0.1) is 5.10 Å². The first kappa shape index (κ1) is 14.5. The van der Waals surface area contributed by atoms with Gasteiger partial charge >= 0.3 is 0 Å². The molecule has 1 N–H and O–H groups in total. The molecule has 1 aromatic carbocycles. The standard InChI is InChI=1S/C16H17FN4O/c1-11(18-2)10-22-13-5-3-12(4-6-13)14-9-19-16-8-7-15(17)20-21(14)16/h3-9,11,18H,10H2,1-2H3/t11-/m1/s1. The highest BCUT2D eigenvalue weighted by atomic mass is 19.1. The highest BCUT2D eigenvalue weighted by Gasteiger charge is 2.08. The molecule has 0 amide bonds. The summed E-state index contributed by atoms with van der Waals surface area (Å²) in [5.41, 5.74) is 2.25. The van der Waals surface area contributed by atoms with Crippen molar-refractivity contribution in [1.29, 1.82) is 0 Å². The predicted molar refractivity (Wildman–Crippen MR) is 82.4 cm³/mol. The summed E-state index contributed by atoms with van der Waals surface area (Å²) in [7, 11) is 1.90. The van der Waals surface area contributed by atoms with Crippen LogP contribution in [-0.2, 0) is 0 Å². The van der Waals surface area contributed by atoms with Gasteiger partial charge in [-0.3, -0.25) is 0 Å². The maximum atomic E-state index is 13.3. The summed E-state index contributed by atoms with van der Waals surface area (Å²) < 4.78 is 20.5. The summed E-state index contributed by atoms with van der Waals surface area (Å²) in [5, 5.41) is 6.97. The molecular formula is C16H17FN4O. The summed E-state index contributed by atoms with van der Waals surface area (Å²) in [6.45, 7) is 2.64. The molecule has 0 unspecified atom stereocenters. The van der Waals surface area contributed by atoms with Gasteiger partial charge in [-0.25, -0.2) is 9.50 Å². The SMILES string of the molecule is CN[C@H](C)COc1ccc(-c2cnc3ccc(F)nn23)cc1. The van der Waals surface area contributed by atoms with Crippen molar-refractivity contribution in [2.75, 3.05) is 13.7 Å². The Kier molecular flexibility index (Phi) is 4.02. The Morgan fingerprint density at radius 3 is 2.73 bits per heavy atom. The normalized spacial score (nSPS) is 12.5. The minimum absolute atomic E-state index is 0.283. The minimum atomic E-state index is -0.534. The Bertz CT molecular complexity index is 769. The topological polar surface area (TPSA) is 51.5 Å². The molecule has 0 spiro atoms.